The zero-order valence-electron chi connectivity index (χ0n) is 17.7. The van der Waals surface area contributed by atoms with E-state index in [1.807, 2.05) is 24.1 Å². The van der Waals surface area contributed by atoms with Crippen molar-refractivity contribution in [3.05, 3.63) is 41.6 Å². The summed E-state index contributed by atoms with van der Waals surface area (Å²) in [5.74, 6) is 0.893. The molecule has 0 aliphatic carbocycles. The average Bonchev–Trinajstić information content (AvgIpc) is 3.21. The minimum atomic E-state index is 0.00484. The number of aromatic amines is 1. The first-order chi connectivity index (χ1) is 15.0. The second kappa shape index (κ2) is 8.70. The molecule has 0 saturated carbocycles. The molecular formula is C22H26N8O. The van der Waals surface area contributed by atoms with Crippen molar-refractivity contribution in [2.75, 3.05) is 25.0 Å². The van der Waals surface area contributed by atoms with E-state index in [2.05, 4.69) is 32.0 Å². The van der Waals surface area contributed by atoms with Crippen LogP contribution in [0.3, 0.4) is 0 Å². The molecule has 3 aromatic heterocycles. The molecule has 3 aromatic rings. The minimum absolute atomic E-state index is 0.00484. The summed E-state index contributed by atoms with van der Waals surface area (Å²) in [6.07, 6.45) is 7.01. The van der Waals surface area contributed by atoms with E-state index in [9.17, 15) is 4.79 Å². The summed E-state index contributed by atoms with van der Waals surface area (Å²) in [5, 5.41) is 4.33. The Morgan fingerprint density at radius 3 is 2.87 bits per heavy atom. The van der Waals surface area contributed by atoms with E-state index in [1.54, 1.807) is 12.4 Å². The lowest BCUT2D eigenvalue weighted by atomic mass is 9.90. The van der Waals surface area contributed by atoms with Crippen LogP contribution >= 0.6 is 0 Å². The minimum Gasteiger partial charge on any atom is -0.352 e. The Kier molecular flexibility index (Phi) is 5.82. The van der Waals surface area contributed by atoms with E-state index in [1.165, 1.54) is 0 Å². The summed E-state index contributed by atoms with van der Waals surface area (Å²) in [6, 6.07) is 2.17. The van der Waals surface area contributed by atoms with Crippen molar-refractivity contribution >= 4 is 28.6 Å². The first-order valence-electron chi connectivity index (χ1n) is 10.4. The molecule has 0 spiro atoms. The summed E-state index contributed by atoms with van der Waals surface area (Å²) in [6.45, 7) is 13.1. The van der Waals surface area contributed by atoms with Crippen LogP contribution < -0.4 is 11.1 Å². The number of H-pyrrole nitrogens is 1. The Balaban J connectivity index is 1.55. The van der Waals surface area contributed by atoms with Gasteiger partial charge in [0, 0.05) is 48.7 Å². The molecular weight excluding hydrogens is 392 g/mol. The Morgan fingerprint density at radius 2 is 2.16 bits per heavy atom. The molecule has 4 rings (SSSR count). The van der Waals surface area contributed by atoms with E-state index >= 15 is 0 Å². The molecule has 0 radical (unpaired) electrons. The fourth-order valence-corrected chi connectivity index (χ4v) is 4.13. The normalized spacial score (nSPS) is 15.6. The van der Waals surface area contributed by atoms with E-state index in [-0.39, 0.29) is 18.5 Å². The number of carbonyl (C=O) groups is 1. The number of nitrogens with one attached hydrogen (secondary N) is 2. The first-order valence-corrected chi connectivity index (χ1v) is 10.4. The van der Waals surface area contributed by atoms with Crippen LogP contribution in [0.15, 0.2) is 24.7 Å². The van der Waals surface area contributed by atoms with Gasteiger partial charge in [0.1, 0.15) is 5.65 Å². The van der Waals surface area contributed by atoms with Crippen molar-refractivity contribution in [2.24, 2.45) is 11.7 Å². The van der Waals surface area contributed by atoms with Gasteiger partial charge in [0.15, 0.2) is 0 Å². The standard InChI is InChI=1S/C22H26N8O/c1-13-8-16-17(11-26-21(16)25-10-13)20-18(24-3)12-27-22(29-20)28-14(2)15-4-6-30(7-5-15)19(31)9-23/h8,10-12,14-15H,4-7,9,23H2,1-2H3,(H,25,26)(H,27,28,29). The van der Waals surface area contributed by atoms with Crippen LogP contribution in [0, 0.1) is 19.4 Å². The van der Waals surface area contributed by atoms with Crippen molar-refractivity contribution in [2.45, 2.75) is 32.7 Å². The maximum atomic E-state index is 11.8. The van der Waals surface area contributed by atoms with Crippen molar-refractivity contribution in [1.82, 2.24) is 24.8 Å². The third-order valence-electron chi connectivity index (χ3n) is 5.94. The van der Waals surface area contributed by atoms with Gasteiger partial charge >= 0.3 is 0 Å². The molecule has 4 heterocycles. The summed E-state index contributed by atoms with van der Waals surface area (Å²) in [7, 11) is 0. The van der Waals surface area contributed by atoms with Gasteiger partial charge < -0.3 is 20.9 Å². The Bertz CT molecular complexity index is 1140. The number of carbonyl (C=O) groups excluding carboxylic acids is 1. The number of aromatic nitrogens is 4. The van der Waals surface area contributed by atoms with Crippen LogP contribution in [0.1, 0.15) is 25.3 Å². The maximum Gasteiger partial charge on any atom is 0.236 e. The van der Waals surface area contributed by atoms with Gasteiger partial charge in [-0.15, -0.1) is 0 Å². The molecule has 4 N–H and O–H groups in total. The van der Waals surface area contributed by atoms with Crippen molar-refractivity contribution in [3.63, 3.8) is 0 Å². The Hall–Kier alpha value is -3.51. The van der Waals surface area contributed by atoms with Gasteiger partial charge in [-0.05, 0) is 44.2 Å². The molecule has 31 heavy (non-hydrogen) atoms. The van der Waals surface area contributed by atoms with Gasteiger partial charge in [-0.25, -0.2) is 19.8 Å². The Labute approximate surface area is 180 Å². The van der Waals surface area contributed by atoms with E-state index in [0.717, 1.165) is 48.1 Å². The molecule has 9 nitrogen and oxygen atoms in total. The predicted octanol–water partition coefficient (Wildman–Crippen LogP) is 2.88. The topological polar surface area (TPSA) is 117 Å². The second-order valence-corrected chi connectivity index (χ2v) is 8.01. The van der Waals surface area contributed by atoms with Crippen LogP contribution in [0.25, 0.3) is 27.1 Å². The van der Waals surface area contributed by atoms with E-state index < -0.39 is 0 Å². The number of aryl methyl sites for hydroxylation is 1. The molecule has 9 heteroatoms. The number of fused-ring (bicyclic) bond motifs is 1. The lowest BCUT2D eigenvalue weighted by molar-refractivity contribution is -0.131. The molecule has 1 aliphatic heterocycles. The molecule has 160 valence electrons. The van der Waals surface area contributed by atoms with Gasteiger partial charge in [0.25, 0.3) is 0 Å². The molecule has 1 fully saturated rings. The van der Waals surface area contributed by atoms with Crippen LogP contribution in [0.2, 0.25) is 0 Å². The summed E-state index contributed by atoms with van der Waals surface area (Å²) in [5.41, 5.74) is 9.09. The fourth-order valence-electron chi connectivity index (χ4n) is 4.13. The lowest BCUT2D eigenvalue weighted by Gasteiger charge is -2.35. The van der Waals surface area contributed by atoms with Gasteiger partial charge in [0.2, 0.25) is 17.5 Å². The van der Waals surface area contributed by atoms with Crippen LogP contribution in [-0.2, 0) is 4.79 Å². The zero-order chi connectivity index (χ0) is 22.0. The number of rotatable bonds is 5. The number of likely N-dealkylation sites (tertiary alicyclic amines) is 1. The predicted molar refractivity (Wildman–Crippen MR) is 120 cm³/mol. The number of amides is 1. The van der Waals surface area contributed by atoms with Crippen LogP contribution in [0.4, 0.5) is 11.6 Å². The molecule has 1 saturated heterocycles. The van der Waals surface area contributed by atoms with Crippen molar-refractivity contribution < 1.29 is 4.79 Å². The molecule has 0 aromatic carbocycles. The van der Waals surface area contributed by atoms with Crippen LogP contribution in [-0.4, -0.2) is 56.4 Å². The summed E-state index contributed by atoms with van der Waals surface area (Å²) < 4.78 is 0. The number of nitrogens with two attached hydrogens (primary N) is 1. The van der Waals surface area contributed by atoms with Gasteiger partial charge in [-0.1, -0.05) is 0 Å². The van der Waals surface area contributed by atoms with Crippen LogP contribution in [0.5, 0.6) is 0 Å². The summed E-state index contributed by atoms with van der Waals surface area (Å²) in [4.78, 5) is 33.9. The monoisotopic (exact) mass is 418 g/mol. The fraction of sp³-hybridized carbons (Fsp3) is 0.409. The van der Waals surface area contributed by atoms with Crippen molar-refractivity contribution in [3.8, 4) is 11.3 Å². The highest BCUT2D eigenvalue weighted by Gasteiger charge is 2.26. The SMILES string of the molecule is [C-]#[N+]c1cnc(NC(C)C2CCN(C(=O)CN)CC2)nc1-c1c[nH]c2ncc(C)cc12. The van der Waals surface area contributed by atoms with Gasteiger partial charge in [0.05, 0.1) is 18.8 Å². The van der Waals surface area contributed by atoms with E-state index in [0.29, 0.717) is 23.2 Å². The van der Waals surface area contributed by atoms with E-state index in [4.69, 9.17) is 17.3 Å². The quantitative estimate of drug-likeness (QED) is 0.549. The number of piperidine rings is 1. The molecule has 0 bridgehead atoms. The highest BCUT2D eigenvalue weighted by atomic mass is 16.2. The number of hydrogen-bond acceptors (Lipinski definition) is 6. The third kappa shape index (κ3) is 4.20. The number of hydrogen-bond donors (Lipinski definition) is 3. The highest BCUT2D eigenvalue weighted by molar-refractivity contribution is 5.96. The number of anilines is 1. The first kappa shape index (κ1) is 20.8. The Morgan fingerprint density at radius 1 is 1.39 bits per heavy atom. The smallest absolute Gasteiger partial charge is 0.236 e. The summed E-state index contributed by atoms with van der Waals surface area (Å²) >= 11 is 0. The average molecular weight is 419 g/mol. The van der Waals surface area contributed by atoms with Gasteiger partial charge in [-0.3, -0.25) is 4.79 Å². The molecule has 1 unspecified atom stereocenters. The highest BCUT2D eigenvalue weighted by Crippen LogP contribution is 2.34. The zero-order valence-corrected chi connectivity index (χ0v) is 17.7. The third-order valence-corrected chi connectivity index (χ3v) is 5.94. The molecule has 1 atom stereocenters. The second-order valence-electron chi connectivity index (χ2n) is 8.01. The lowest BCUT2D eigenvalue weighted by Crippen LogP contribution is -2.44. The largest absolute Gasteiger partial charge is 0.352 e. The molecule has 1 amide bonds. The molecule has 1 aliphatic rings. The van der Waals surface area contributed by atoms with Gasteiger partial charge in [-0.2, -0.15) is 0 Å². The van der Waals surface area contributed by atoms with Crippen molar-refractivity contribution in [1.29, 1.82) is 0 Å². The maximum absolute atomic E-state index is 11.8. The number of pyridine rings is 1. The number of nitrogens with zero attached hydrogens (tertiary/aromatic N) is 5.